The number of hydrogen-bond donors (Lipinski definition) is 3. The van der Waals surface area contributed by atoms with Crippen LogP contribution in [0.1, 0.15) is 19.3 Å². The molecule has 21 heavy (non-hydrogen) atoms. The van der Waals surface area contributed by atoms with Crippen LogP contribution in [-0.4, -0.2) is 49.6 Å². The van der Waals surface area contributed by atoms with Crippen molar-refractivity contribution in [1.29, 1.82) is 0 Å². The second-order valence-electron chi connectivity index (χ2n) is 6.00. The molecule has 2 aliphatic heterocycles. The number of anilines is 2. The largest absolute Gasteiger partial charge is 0.381 e. The van der Waals surface area contributed by atoms with Crippen LogP contribution in [0.2, 0.25) is 0 Å². The summed E-state index contributed by atoms with van der Waals surface area (Å²) in [5.41, 5.74) is 2.06. The van der Waals surface area contributed by atoms with Gasteiger partial charge in [0, 0.05) is 19.1 Å². The Kier molecular flexibility index (Phi) is 4.29. The smallest absolute Gasteiger partial charge is 0.244 e. The normalized spacial score (nSPS) is 25.4. The lowest BCUT2D eigenvalue weighted by Crippen LogP contribution is -2.50. The van der Waals surface area contributed by atoms with Gasteiger partial charge in [0.15, 0.2) is 0 Å². The van der Waals surface area contributed by atoms with Crippen LogP contribution in [0.4, 0.5) is 11.4 Å². The average molecular weight is 288 g/mol. The molecule has 2 unspecified atom stereocenters. The third kappa shape index (κ3) is 3.29. The maximum Gasteiger partial charge on any atom is 0.244 e. The Labute approximate surface area is 126 Å². The molecule has 114 valence electrons. The van der Waals surface area contributed by atoms with Gasteiger partial charge < -0.3 is 20.9 Å². The molecular weight excluding hydrogens is 264 g/mol. The highest BCUT2D eigenvalue weighted by atomic mass is 16.2. The fourth-order valence-corrected chi connectivity index (χ4v) is 3.12. The van der Waals surface area contributed by atoms with Gasteiger partial charge in [-0.1, -0.05) is 18.6 Å². The molecule has 1 amide bonds. The molecule has 0 radical (unpaired) electrons. The molecule has 0 aromatic heterocycles. The van der Waals surface area contributed by atoms with Gasteiger partial charge in [-0.25, -0.2) is 0 Å². The Hall–Kier alpha value is -1.75. The van der Waals surface area contributed by atoms with Crippen LogP contribution in [0, 0.1) is 0 Å². The number of amides is 1. The highest BCUT2D eigenvalue weighted by molar-refractivity contribution is 5.88. The first kappa shape index (κ1) is 14.2. The Morgan fingerprint density at radius 3 is 2.95 bits per heavy atom. The summed E-state index contributed by atoms with van der Waals surface area (Å²) in [7, 11) is 2.15. The number of para-hydroxylation sites is 2. The molecule has 0 aliphatic carbocycles. The van der Waals surface area contributed by atoms with Crippen LogP contribution in [-0.2, 0) is 4.79 Å². The fourth-order valence-electron chi connectivity index (χ4n) is 3.12. The highest BCUT2D eigenvalue weighted by Gasteiger charge is 2.25. The van der Waals surface area contributed by atoms with E-state index in [4.69, 9.17) is 0 Å². The summed E-state index contributed by atoms with van der Waals surface area (Å²) >= 11 is 0. The lowest BCUT2D eigenvalue weighted by atomic mass is 10.0. The lowest BCUT2D eigenvalue weighted by molar-refractivity contribution is -0.121. The highest BCUT2D eigenvalue weighted by Crippen LogP contribution is 2.25. The standard InChI is InChI=1S/C16H24N4O/c1-20-9-5-4-6-12(20)10-18-16(21)15-11-17-13-7-2-3-8-14(13)19-15/h2-3,7-8,12,15,17,19H,4-6,9-11H2,1H3,(H,18,21). The van der Waals surface area contributed by atoms with E-state index in [1.54, 1.807) is 0 Å². The maximum atomic E-state index is 12.3. The van der Waals surface area contributed by atoms with Gasteiger partial charge in [-0.15, -0.1) is 0 Å². The van der Waals surface area contributed by atoms with Gasteiger partial charge in [-0.3, -0.25) is 4.79 Å². The Balaban J connectivity index is 1.52. The van der Waals surface area contributed by atoms with Crippen LogP contribution in [0.5, 0.6) is 0 Å². The van der Waals surface area contributed by atoms with E-state index in [0.29, 0.717) is 12.6 Å². The maximum absolute atomic E-state index is 12.3. The van der Waals surface area contributed by atoms with E-state index < -0.39 is 0 Å². The molecule has 0 saturated carbocycles. The Morgan fingerprint density at radius 1 is 1.33 bits per heavy atom. The molecule has 2 atom stereocenters. The second-order valence-corrected chi connectivity index (χ2v) is 6.00. The number of nitrogens with one attached hydrogen (secondary N) is 3. The van der Waals surface area contributed by atoms with Crippen LogP contribution in [0.25, 0.3) is 0 Å². The predicted molar refractivity (Wildman–Crippen MR) is 85.6 cm³/mol. The van der Waals surface area contributed by atoms with Crippen LogP contribution >= 0.6 is 0 Å². The molecule has 1 saturated heterocycles. The lowest BCUT2D eigenvalue weighted by Gasteiger charge is -2.33. The SMILES string of the molecule is CN1CCCCC1CNC(=O)C1CNc2ccccc2N1. The third-order valence-corrected chi connectivity index (χ3v) is 4.50. The van der Waals surface area contributed by atoms with Crippen LogP contribution in [0.3, 0.4) is 0 Å². The van der Waals surface area contributed by atoms with Crippen molar-refractivity contribution < 1.29 is 4.79 Å². The molecule has 3 N–H and O–H groups in total. The molecule has 0 bridgehead atoms. The van der Waals surface area contributed by atoms with Gasteiger partial charge >= 0.3 is 0 Å². The minimum Gasteiger partial charge on any atom is -0.381 e. The van der Waals surface area contributed by atoms with Crippen LogP contribution in [0.15, 0.2) is 24.3 Å². The quantitative estimate of drug-likeness (QED) is 0.789. The fraction of sp³-hybridized carbons (Fsp3) is 0.562. The first-order valence-electron chi connectivity index (χ1n) is 7.81. The number of piperidine rings is 1. The zero-order valence-corrected chi connectivity index (χ0v) is 12.6. The summed E-state index contributed by atoms with van der Waals surface area (Å²) in [4.78, 5) is 14.7. The third-order valence-electron chi connectivity index (χ3n) is 4.50. The molecule has 2 heterocycles. The molecule has 5 nitrogen and oxygen atoms in total. The number of hydrogen-bond acceptors (Lipinski definition) is 4. The van der Waals surface area contributed by atoms with Crippen molar-refractivity contribution >= 4 is 17.3 Å². The van der Waals surface area contributed by atoms with Crippen molar-refractivity contribution in [2.45, 2.75) is 31.3 Å². The molecule has 1 aromatic rings. The number of nitrogens with zero attached hydrogens (tertiary/aromatic N) is 1. The summed E-state index contributed by atoms with van der Waals surface area (Å²) in [6, 6.07) is 8.27. The first-order chi connectivity index (χ1) is 10.2. The summed E-state index contributed by atoms with van der Waals surface area (Å²) < 4.78 is 0. The molecule has 5 heteroatoms. The van der Waals surface area contributed by atoms with Gasteiger partial charge in [-0.05, 0) is 38.6 Å². The molecule has 1 aromatic carbocycles. The summed E-state index contributed by atoms with van der Waals surface area (Å²) in [6.45, 7) is 2.51. The topological polar surface area (TPSA) is 56.4 Å². The Morgan fingerprint density at radius 2 is 2.14 bits per heavy atom. The monoisotopic (exact) mass is 288 g/mol. The summed E-state index contributed by atoms with van der Waals surface area (Å²) in [6.07, 6.45) is 3.71. The summed E-state index contributed by atoms with van der Waals surface area (Å²) in [5, 5.41) is 9.71. The van der Waals surface area contributed by atoms with E-state index in [0.717, 1.165) is 24.5 Å². The van der Waals surface area contributed by atoms with E-state index in [1.165, 1.54) is 19.3 Å². The van der Waals surface area contributed by atoms with Gasteiger partial charge in [0.2, 0.25) is 5.91 Å². The minimum absolute atomic E-state index is 0.0796. The Bertz CT molecular complexity index is 505. The van der Waals surface area contributed by atoms with Gasteiger partial charge in [-0.2, -0.15) is 0 Å². The number of benzene rings is 1. The number of fused-ring (bicyclic) bond motifs is 1. The van der Waals surface area contributed by atoms with E-state index in [2.05, 4.69) is 27.9 Å². The van der Waals surface area contributed by atoms with Crippen molar-refractivity contribution in [3.8, 4) is 0 Å². The van der Waals surface area contributed by atoms with Gasteiger partial charge in [0.25, 0.3) is 0 Å². The summed E-state index contributed by atoms with van der Waals surface area (Å²) in [5.74, 6) is 0.0796. The number of likely N-dealkylation sites (tertiary alicyclic amines) is 1. The zero-order chi connectivity index (χ0) is 14.7. The van der Waals surface area contributed by atoms with Gasteiger partial charge in [0.05, 0.1) is 11.4 Å². The van der Waals surface area contributed by atoms with E-state index >= 15 is 0 Å². The number of rotatable bonds is 3. The van der Waals surface area contributed by atoms with Crippen molar-refractivity contribution in [3.63, 3.8) is 0 Å². The van der Waals surface area contributed by atoms with E-state index in [9.17, 15) is 4.79 Å². The minimum atomic E-state index is -0.200. The zero-order valence-electron chi connectivity index (χ0n) is 12.6. The average Bonchev–Trinajstić information content (AvgIpc) is 2.53. The van der Waals surface area contributed by atoms with Crippen LogP contribution < -0.4 is 16.0 Å². The molecule has 2 aliphatic rings. The van der Waals surface area contributed by atoms with Gasteiger partial charge in [0.1, 0.15) is 6.04 Å². The molecular formula is C16H24N4O. The number of likely N-dealkylation sites (N-methyl/N-ethyl adjacent to an activating group) is 1. The molecule has 1 fully saturated rings. The van der Waals surface area contributed by atoms with Crippen molar-refractivity contribution in [1.82, 2.24) is 10.2 Å². The number of carbonyl (C=O) groups excluding carboxylic acids is 1. The first-order valence-corrected chi connectivity index (χ1v) is 7.81. The predicted octanol–water partition coefficient (Wildman–Crippen LogP) is 1.49. The van der Waals surface area contributed by atoms with Crippen molar-refractivity contribution in [2.75, 3.05) is 37.3 Å². The molecule has 3 rings (SSSR count). The van der Waals surface area contributed by atoms with E-state index in [1.807, 2.05) is 24.3 Å². The van der Waals surface area contributed by atoms with E-state index in [-0.39, 0.29) is 11.9 Å². The molecule has 0 spiro atoms. The van der Waals surface area contributed by atoms with Crippen molar-refractivity contribution in [2.24, 2.45) is 0 Å². The number of carbonyl (C=O) groups is 1. The second kappa shape index (κ2) is 6.35. The van der Waals surface area contributed by atoms with Crippen molar-refractivity contribution in [3.05, 3.63) is 24.3 Å².